The number of hydrogen-bond donors (Lipinski definition) is 1. The van der Waals surface area contributed by atoms with Gasteiger partial charge in [0.25, 0.3) is 0 Å². The number of hydrogen-bond acceptors (Lipinski definition) is 8. The van der Waals surface area contributed by atoms with Gasteiger partial charge in [-0.25, -0.2) is 9.97 Å². The lowest BCUT2D eigenvalue weighted by molar-refractivity contribution is 0.122. The largest absolute Gasteiger partial charge is 0.493 e. The molecule has 2 aromatic carbocycles. The van der Waals surface area contributed by atoms with Crippen molar-refractivity contribution in [3.05, 3.63) is 66.4 Å². The maximum absolute atomic E-state index is 5.91. The van der Waals surface area contributed by atoms with E-state index in [1.807, 2.05) is 42.5 Å². The van der Waals surface area contributed by atoms with Crippen molar-refractivity contribution in [3.8, 4) is 17.0 Å². The van der Waals surface area contributed by atoms with Crippen molar-refractivity contribution in [2.24, 2.45) is 0 Å². The molecule has 4 aromatic rings. The van der Waals surface area contributed by atoms with Gasteiger partial charge in [0.05, 0.1) is 31.7 Å². The molecule has 1 aliphatic rings. The molecule has 0 radical (unpaired) electrons. The molecule has 8 heteroatoms. The molecule has 0 bridgehead atoms. The van der Waals surface area contributed by atoms with Gasteiger partial charge in [-0.1, -0.05) is 30.3 Å². The van der Waals surface area contributed by atoms with E-state index >= 15 is 0 Å². The highest BCUT2D eigenvalue weighted by Gasteiger charge is 2.19. The highest BCUT2D eigenvalue weighted by molar-refractivity contribution is 5.85. The van der Waals surface area contributed by atoms with Gasteiger partial charge in [-0.05, 0) is 29.8 Å². The molecule has 0 unspecified atom stereocenters. The summed E-state index contributed by atoms with van der Waals surface area (Å²) in [7, 11) is 0. The van der Waals surface area contributed by atoms with E-state index in [0.717, 1.165) is 36.5 Å². The fourth-order valence-electron chi connectivity index (χ4n) is 3.70. The van der Waals surface area contributed by atoms with Gasteiger partial charge in [0.2, 0.25) is 5.95 Å². The van der Waals surface area contributed by atoms with Crippen molar-refractivity contribution >= 4 is 22.9 Å². The summed E-state index contributed by atoms with van der Waals surface area (Å²) in [4.78, 5) is 20.1. The van der Waals surface area contributed by atoms with Crippen molar-refractivity contribution in [2.75, 3.05) is 43.5 Å². The quantitative estimate of drug-likeness (QED) is 0.500. The van der Waals surface area contributed by atoms with Gasteiger partial charge in [-0.2, -0.15) is 9.97 Å². The zero-order valence-corrected chi connectivity index (χ0v) is 17.6. The minimum atomic E-state index is 0.193. The molecule has 8 nitrogen and oxygen atoms in total. The smallest absolute Gasteiger partial charge is 0.224 e. The maximum atomic E-state index is 5.91. The molecular weight excluding hydrogens is 404 g/mol. The molecule has 1 saturated heterocycles. The number of nitrogens with two attached hydrogens (primary N) is 1. The normalized spacial score (nSPS) is 13.9. The number of nitrogens with zero attached hydrogens (tertiary/aromatic N) is 5. The minimum absolute atomic E-state index is 0.193. The summed E-state index contributed by atoms with van der Waals surface area (Å²) in [6.07, 6.45) is 2.58. The first-order chi connectivity index (χ1) is 15.8. The Kier molecular flexibility index (Phi) is 5.76. The van der Waals surface area contributed by atoms with Gasteiger partial charge >= 0.3 is 0 Å². The molecule has 0 saturated carbocycles. The molecule has 32 heavy (non-hydrogen) atoms. The van der Waals surface area contributed by atoms with E-state index < -0.39 is 0 Å². The SMILES string of the molecule is Nc1nc(N2CCOCC2)c2nc(-c3ccc(OCCc4ccccc4)cc3)cnc2n1. The summed E-state index contributed by atoms with van der Waals surface area (Å²) >= 11 is 0. The second-order valence-corrected chi connectivity index (χ2v) is 7.54. The van der Waals surface area contributed by atoms with Crippen molar-refractivity contribution < 1.29 is 9.47 Å². The van der Waals surface area contributed by atoms with E-state index in [2.05, 4.69) is 32.0 Å². The molecule has 0 amide bonds. The van der Waals surface area contributed by atoms with Crippen LogP contribution in [0.2, 0.25) is 0 Å². The van der Waals surface area contributed by atoms with Gasteiger partial charge in [0.15, 0.2) is 17.0 Å². The van der Waals surface area contributed by atoms with E-state index in [-0.39, 0.29) is 5.95 Å². The molecule has 2 N–H and O–H groups in total. The Hall–Kier alpha value is -3.78. The van der Waals surface area contributed by atoms with Crippen LogP contribution in [0.15, 0.2) is 60.8 Å². The Morgan fingerprint density at radius 3 is 2.50 bits per heavy atom. The number of nitrogen functional groups attached to an aromatic ring is 1. The van der Waals surface area contributed by atoms with E-state index in [9.17, 15) is 0 Å². The van der Waals surface area contributed by atoms with Crippen LogP contribution in [0.5, 0.6) is 5.75 Å². The zero-order valence-electron chi connectivity index (χ0n) is 17.6. The van der Waals surface area contributed by atoms with Crippen LogP contribution in [0.3, 0.4) is 0 Å². The average molecular weight is 428 g/mol. The predicted molar refractivity (Wildman–Crippen MR) is 124 cm³/mol. The number of anilines is 2. The van der Waals surface area contributed by atoms with Crippen molar-refractivity contribution in [1.82, 2.24) is 19.9 Å². The second kappa shape index (κ2) is 9.15. The standard InChI is InChI=1S/C24H24N6O2/c25-24-28-22-21(23(29-24)30-11-14-31-15-12-30)27-20(16-26-22)18-6-8-19(9-7-18)32-13-10-17-4-2-1-3-5-17/h1-9,16H,10-15H2,(H2,25,26,28,29). The predicted octanol–water partition coefficient (Wildman–Crippen LogP) is 3.13. The Balaban J connectivity index is 1.35. The molecule has 2 aromatic heterocycles. The third-order valence-corrected chi connectivity index (χ3v) is 5.37. The molecule has 162 valence electrons. The third kappa shape index (κ3) is 4.45. The zero-order chi connectivity index (χ0) is 21.8. The van der Waals surface area contributed by atoms with E-state index in [4.69, 9.17) is 20.2 Å². The first-order valence-corrected chi connectivity index (χ1v) is 10.7. The Morgan fingerprint density at radius 1 is 0.938 bits per heavy atom. The minimum Gasteiger partial charge on any atom is -0.493 e. The lowest BCUT2D eigenvalue weighted by Gasteiger charge is -2.28. The van der Waals surface area contributed by atoms with Crippen LogP contribution in [-0.4, -0.2) is 52.8 Å². The molecule has 0 spiro atoms. The summed E-state index contributed by atoms with van der Waals surface area (Å²) in [5, 5.41) is 0. The first kappa shape index (κ1) is 20.1. The fraction of sp³-hybridized carbons (Fsp3) is 0.250. The van der Waals surface area contributed by atoms with Crippen LogP contribution in [0.1, 0.15) is 5.56 Å². The number of rotatable bonds is 6. The van der Waals surface area contributed by atoms with Gasteiger partial charge in [0, 0.05) is 25.1 Å². The number of ether oxygens (including phenoxy) is 2. The monoisotopic (exact) mass is 428 g/mol. The maximum Gasteiger partial charge on any atom is 0.224 e. The van der Waals surface area contributed by atoms with Crippen LogP contribution < -0.4 is 15.4 Å². The summed E-state index contributed by atoms with van der Waals surface area (Å²) in [5.41, 5.74) is 9.99. The Bertz CT molecular complexity index is 1190. The van der Waals surface area contributed by atoms with Gasteiger partial charge in [-0.15, -0.1) is 0 Å². The number of aromatic nitrogens is 4. The fourth-order valence-corrected chi connectivity index (χ4v) is 3.70. The van der Waals surface area contributed by atoms with Crippen molar-refractivity contribution in [2.45, 2.75) is 6.42 Å². The molecule has 0 aliphatic carbocycles. The number of fused-ring (bicyclic) bond motifs is 1. The molecule has 5 rings (SSSR count). The molecule has 1 aliphatic heterocycles. The summed E-state index contributed by atoms with van der Waals surface area (Å²) in [6, 6.07) is 18.2. The number of morpholine rings is 1. The number of benzene rings is 2. The van der Waals surface area contributed by atoms with Crippen LogP contribution in [0, 0.1) is 0 Å². The Morgan fingerprint density at radius 2 is 1.72 bits per heavy atom. The average Bonchev–Trinajstić information content (AvgIpc) is 2.85. The summed E-state index contributed by atoms with van der Waals surface area (Å²) in [6.45, 7) is 3.37. The first-order valence-electron chi connectivity index (χ1n) is 10.7. The van der Waals surface area contributed by atoms with Gasteiger partial charge in [0.1, 0.15) is 5.75 Å². The van der Waals surface area contributed by atoms with E-state index in [1.165, 1.54) is 5.56 Å². The topological polar surface area (TPSA) is 99.3 Å². The lowest BCUT2D eigenvalue weighted by Crippen LogP contribution is -2.37. The van der Waals surface area contributed by atoms with Gasteiger partial charge < -0.3 is 20.1 Å². The second-order valence-electron chi connectivity index (χ2n) is 7.54. The summed E-state index contributed by atoms with van der Waals surface area (Å²) < 4.78 is 11.4. The molecule has 1 fully saturated rings. The molecular formula is C24H24N6O2. The third-order valence-electron chi connectivity index (χ3n) is 5.37. The van der Waals surface area contributed by atoms with Gasteiger partial charge in [-0.3, -0.25) is 0 Å². The Labute approximate surface area is 186 Å². The van der Waals surface area contributed by atoms with Crippen LogP contribution >= 0.6 is 0 Å². The van der Waals surface area contributed by atoms with Crippen LogP contribution in [0.25, 0.3) is 22.4 Å². The van der Waals surface area contributed by atoms with Crippen LogP contribution in [-0.2, 0) is 11.2 Å². The highest BCUT2D eigenvalue weighted by atomic mass is 16.5. The lowest BCUT2D eigenvalue weighted by atomic mass is 10.1. The van der Waals surface area contributed by atoms with E-state index in [0.29, 0.717) is 36.8 Å². The van der Waals surface area contributed by atoms with E-state index in [1.54, 1.807) is 6.20 Å². The van der Waals surface area contributed by atoms with Crippen molar-refractivity contribution in [3.63, 3.8) is 0 Å². The van der Waals surface area contributed by atoms with Crippen LogP contribution in [0.4, 0.5) is 11.8 Å². The van der Waals surface area contributed by atoms with Crippen molar-refractivity contribution in [1.29, 1.82) is 0 Å². The molecule has 3 heterocycles. The molecule has 0 atom stereocenters. The highest BCUT2D eigenvalue weighted by Crippen LogP contribution is 2.27. The summed E-state index contributed by atoms with van der Waals surface area (Å²) in [5.74, 6) is 1.72.